The molecule has 1 aromatic rings. The lowest BCUT2D eigenvalue weighted by molar-refractivity contribution is -0.126. The number of rotatable bonds is 4. The molecule has 24 heavy (non-hydrogen) atoms. The molecule has 1 aliphatic rings. The van der Waals surface area contributed by atoms with E-state index in [1.54, 1.807) is 30.8 Å². The number of nitrogens with one attached hydrogen (secondary N) is 2. The van der Waals surface area contributed by atoms with Crippen LogP contribution < -0.4 is 10.9 Å². The third kappa shape index (κ3) is 4.81. The van der Waals surface area contributed by atoms with Crippen molar-refractivity contribution in [2.75, 3.05) is 33.7 Å². The lowest BCUT2D eigenvalue weighted by Crippen LogP contribution is -2.46. The molecule has 8 nitrogen and oxygen atoms in total. The smallest absolute Gasteiger partial charge is 0.319 e. The lowest BCUT2D eigenvalue weighted by atomic mass is 9.96. The number of amides is 3. The van der Waals surface area contributed by atoms with E-state index in [0.29, 0.717) is 50.4 Å². The van der Waals surface area contributed by atoms with Gasteiger partial charge in [-0.3, -0.25) is 9.59 Å². The third-order valence-electron chi connectivity index (χ3n) is 4.10. The van der Waals surface area contributed by atoms with Crippen LogP contribution >= 0.6 is 0 Å². The molecule has 0 spiro atoms. The van der Waals surface area contributed by atoms with E-state index >= 15 is 0 Å². The summed E-state index contributed by atoms with van der Waals surface area (Å²) in [7, 11) is 3.45. The van der Waals surface area contributed by atoms with Gasteiger partial charge in [-0.2, -0.15) is 0 Å². The van der Waals surface area contributed by atoms with Gasteiger partial charge in [-0.05, 0) is 19.8 Å². The van der Waals surface area contributed by atoms with Crippen LogP contribution in [0.2, 0.25) is 0 Å². The molecule has 0 bridgehead atoms. The zero-order valence-electron chi connectivity index (χ0n) is 14.5. The lowest BCUT2D eigenvalue weighted by Gasteiger charge is -2.33. The molecule has 1 fully saturated rings. The Labute approximate surface area is 141 Å². The SMILES string of the molecule is Cc1cc(=O)[nH]c(CCNC(=O)C2CCN(C(=O)N(C)C)CC2)n1. The Hall–Kier alpha value is -2.38. The van der Waals surface area contributed by atoms with E-state index in [1.165, 1.54) is 6.07 Å². The van der Waals surface area contributed by atoms with E-state index in [1.807, 2.05) is 0 Å². The summed E-state index contributed by atoms with van der Waals surface area (Å²) in [5.74, 6) is 0.509. The van der Waals surface area contributed by atoms with E-state index < -0.39 is 0 Å². The van der Waals surface area contributed by atoms with Crippen LogP contribution in [0.1, 0.15) is 24.4 Å². The monoisotopic (exact) mass is 335 g/mol. The summed E-state index contributed by atoms with van der Waals surface area (Å²) in [6.07, 6.45) is 1.83. The van der Waals surface area contributed by atoms with Crippen LogP contribution in [0.4, 0.5) is 4.79 Å². The van der Waals surface area contributed by atoms with Gasteiger partial charge in [0.1, 0.15) is 5.82 Å². The highest BCUT2D eigenvalue weighted by Crippen LogP contribution is 2.18. The summed E-state index contributed by atoms with van der Waals surface area (Å²) in [5.41, 5.74) is 0.486. The van der Waals surface area contributed by atoms with Gasteiger partial charge in [0.25, 0.3) is 5.56 Å². The maximum atomic E-state index is 12.2. The van der Waals surface area contributed by atoms with Gasteiger partial charge in [0.2, 0.25) is 5.91 Å². The van der Waals surface area contributed by atoms with Gasteiger partial charge < -0.3 is 20.1 Å². The Morgan fingerprint density at radius 1 is 1.38 bits per heavy atom. The zero-order valence-corrected chi connectivity index (χ0v) is 14.5. The largest absolute Gasteiger partial charge is 0.355 e. The molecule has 1 aromatic heterocycles. The standard InChI is InChI=1S/C16H25N5O3/c1-11-10-14(22)19-13(18-11)4-7-17-15(23)12-5-8-21(9-6-12)16(24)20(2)3/h10,12H,4-9H2,1-3H3,(H,17,23)(H,18,19,22). The van der Waals surface area contributed by atoms with Gasteiger partial charge in [-0.1, -0.05) is 0 Å². The number of hydrogen-bond donors (Lipinski definition) is 2. The van der Waals surface area contributed by atoms with Crippen molar-refractivity contribution in [1.82, 2.24) is 25.1 Å². The summed E-state index contributed by atoms with van der Waals surface area (Å²) >= 11 is 0. The van der Waals surface area contributed by atoms with Crippen LogP contribution in [0.15, 0.2) is 10.9 Å². The van der Waals surface area contributed by atoms with Crippen molar-refractivity contribution in [1.29, 1.82) is 0 Å². The van der Waals surface area contributed by atoms with Gasteiger partial charge in [0.05, 0.1) is 0 Å². The fraction of sp³-hybridized carbons (Fsp3) is 0.625. The van der Waals surface area contributed by atoms with Crippen LogP contribution in [0.3, 0.4) is 0 Å². The Balaban J connectivity index is 1.76. The van der Waals surface area contributed by atoms with E-state index in [2.05, 4.69) is 15.3 Å². The molecule has 132 valence electrons. The first-order valence-corrected chi connectivity index (χ1v) is 8.17. The molecule has 0 saturated carbocycles. The average Bonchev–Trinajstić information content (AvgIpc) is 2.53. The van der Waals surface area contributed by atoms with Gasteiger partial charge in [0, 0.05) is 57.8 Å². The minimum absolute atomic E-state index is 0.00181. The van der Waals surface area contributed by atoms with E-state index in [0.717, 1.165) is 0 Å². The second kappa shape index (κ2) is 7.94. The first kappa shape index (κ1) is 18.0. The Morgan fingerprint density at radius 2 is 2.04 bits per heavy atom. The molecule has 0 aliphatic carbocycles. The quantitative estimate of drug-likeness (QED) is 0.817. The molecule has 0 radical (unpaired) electrons. The van der Waals surface area contributed by atoms with Crippen molar-refractivity contribution >= 4 is 11.9 Å². The van der Waals surface area contributed by atoms with E-state index in [4.69, 9.17) is 0 Å². The van der Waals surface area contributed by atoms with Crippen molar-refractivity contribution < 1.29 is 9.59 Å². The molecule has 0 atom stereocenters. The fourth-order valence-corrected chi connectivity index (χ4v) is 2.82. The summed E-state index contributed by atoms with van der Waals surface area (Å²) < 4.78 is 0. The first-order valence-electron chi connectivity index (χ1n) is 8.17. The minimum Gasteiger partial charge on any atom is -0.355 e. The number of carbonyl (C=O) groups excluding carboxylic acids is 2. The van der Waals surface area contributed by atoms with Crippen LogP contribution in [-0.2, 0) is 11.2 Å². The van der Waals surface area contributed by atoms with Crippen molar-refractivity contribution in [3.63, 3.8) is 0 Å². The van der Waals surface area contributed by atoms with Crippen LogP contribution in [0.5, 0.6) is 0 Å². The number of carbonyl (C=O) groups is 2. The number of aromatic nitrogens is 2. The highest BCUT2D eigenvalue weighted by molar-refractivity contribution is 5.79. The van der Waals surface area contributed by atoms with Gasteiger partial charge in [-0.25, -0.2) is 9.78 Å². The average molecular weight is 335 g/mol. The third-order valence-corrected chi connectivity index (χ3v) is 4.10. The first-order chi connectivity index (χ1) is 11.4. The maximum Gasteiger partial charge on any atom is 0.319 e. The molecule has 2 rings (SSSR count). The van der Waals surface area contributed by atoms with E-state index in [-0.39, 0.29) is 23.4 Å². The number of H-pyrrole nitrogens is 1. The molecular weight excluding hydrogens is 310 g/mol. The number of urea groups is 1. The Kier molecular flexibility index (Phi) is 5.94. The Bertz CT molecular complexity index is 647. The number of likely N-dealkylation sites (tertiary alicyclic amines) is 1. The van der Waals surface area contributed by atoms with Crippen molar-refractivity contribution in [2.24, 2.45) is 5.92 Å². The fourth-order valence-electron chi connectivity index (χ4n) is 2.82. The van der Waals surface area contributed by atoms with Crippen molar-refractivity contribution in [3.8, 4) is 0 Å². The molecule has 8 heteroatoms. The van der Waals surface area contributed by atoms with Crippen molar-refractivity contribution in [2.45, 2.75) is 26.2 Å². The highest BCUT2D eigenvalue weighted by Gasteiger charge is 2.27. The summed E-state index contributed by atoms with van der Waals surface area (Å²) in [6, 6.07) is 1.42. The highest BCUT2D eigenvalue weighted by atomic mass is 16.2. The second-order valence-electron chi connectivity index (χ2n) is 6.31. The number of aryl methyl sites for hydroxylation is 1. The number of aromatic amines is 1. The molecule has 2 N–H and O–H groups in total. The summed E-state index contributed by atoms with van der Waals surface area (Å²) in [6.45, 7) is 3.39. The molecule has 2 heterocycles. The maximum absolute atomic E-state index is 12.2. The second-order valence-corrected chi connectivity index (χ2v) is 6.31. The molecular formula is C16H25N5O3. The number of piperidine rings is 1. The summed E-state index contributed by atoms with van der Waals surface area (Å²) in [4.78, 5) is 45.7. The molecule has 1 aliphatic heterocycles. The number of nitrogens with zero attached hydrogens (tertiary/aromatic N) is 3. The number of hydrogen-bond acceptors (Lipinski definition) is 4. The van der Waals surface area contributed by atoms with E-state index in [9.17, 15) is 14.4 Å². The molecule has 0 unspecified atom stereocenters. The normalized spacial score (nSPS) is 15.2. The van der Waals surface area contributed by atoms with Gasteiger partial charge in [-0.15, -0.1) is 0 Å². The van der Waals surface area contributed by atoms with Gasteiger partial charge in [0.15, 0.2) is 0 Å². The summed E-state index contributed by atoms with van der Waals surface area (Å²) in [5, 5.41) is 2.89. The van der Waals surface area contributed by atoms with Gasteiger partial charge >= 0.3 is 6.03 Å². The van der Waals surface area contributed by atoms with Crippen LogP contribution in [0.25, 0.3) is 0 Å². The minimum atomic E-state index is -0.179. The predicted octanol–water partition coefficient (Wildman–Crippen LogP) is 0.131. The molecule has 0 aromatic carbocycles. The topological polar surface area (TPSA) is 98.4 Å². The van der Waals surface area contributed by atoms with Crippen molar-refractivity contribution in [3.05, 3.63) is 27.9 Å². The van der Waals surface area contributed by atoms with Crippen LogP contribution in [-0.4, -0.2) is 65.4 Å². The Morgan fingerprint density at radius 3 is 2.62 bits per heavy atom. The van der Waals surface area contributed by atoms with Crippen LogP contribution in [0, 0.1) is 12.8 Å². The molecule has 3 amide bonds. The molecule has 1 saturated heterocycles. The zero-order chi connectivity index (χ0) is 17.7. The predicted molar refractivity (Wildman–Crippen MR) is 89.7 cm³/mol.